The van der Waals surface area contributed by atoms with E-state index in [1.807, 2.05) is 37.3 Å². The Hall–Kier alpha value is -0.383. The number of rotatable bonds is 5. The molecule has 0 heterocycles. The van der Waals surface area contributed by atoms with Gasteiger partial charge in [0.15, 0.2) is 0 Å². The van der Waals surface area contributed by atoms with E-state index in [2.05, 4.69) is 46.8 Å². The smallest absolute Gasteiger partial charge is 0.448 e. The Bertz CT molecular complexity index is 595. The topological polar surface area (TPSA) is 26.3 Å². The van der Waals surface area contributed by atoms with Gasteiger partial charge in [0.25, 0.3) is 0 Å². The fourth-order valence-corrected chi connectivity index (χ4v) is 4.64. The molecule has 0 saturated carbocycles. The summed E-state index contributed by atoms with van der Waals surface area (Å²) >= 11 is 0. The van der Waals surface area contributed by atoms with E-state index in [0.717, 1.165) is 14.1 Å². The van der Waals surface area contributed by atoms with E-state index in [4.69, 9.17) is 4.74 Å². The molecule has 1 aliphatic rings. The van der Waals surface area contributed by atoms with Crippen LogP contribution in [0.5, 0.6) is 0 Å². The Balaban J connectivity index is 0.00000288. The fraction of sp³-hybridized carbons (Fsp3) is 0.550. The second kappa shape index (κ2) is 7.88. The minimum Gasteiger partial charge on any atom is -0.448 e. The molecule has 24 heavy (non-hydrogen) atoms. The minimum atomic E-state index is -0.225. The van der Waals surface area contributed by atoms with Crippen molar-refractivity contribution in [3.63, 3.8) is 0 Å². The van der Waals surface area contributed by atoms with Gasteiger partial charge in [-0.15, -0.1) is 11.2 Å². The summed E-state index contributed by atoms with van der Waals surface area (Å²) in [6.45, 7) is 13.9. The van der Waals surface area contributed by atoms with Gasteiger partial charge in [-0.1, -0.05) is 71.0 Å². The molecule has 0 saturated heterocycles. The second-order valence-electron chi connectivity index (χ2n) is 7.51. The molecule has 0 bridgehead atoms. The van der Waals surface area contributed by atoms with E-state index in [-0.39, 0.29) is 46.5 Å². The third-order valence-corrected chi connectivity index (χ3v) is 7.52. The summed E-state index contributed by atoms with van der Waals surface area (Å²) in [5.41, 5.74) is 0.817. The number of carbonyl (C=O) groups excluding carboxylic acids is 1. The molecule has 0 aliphatic heterocycles. The minimum absolute atomic E-state index is 0. The van der Waals surface area contributed by atoms with Crippen molar-refractivity contribution in [3.05, 3.63) is 48.0 Å². The van der Waals surface area contributed by atoms with Crippen LogP contribution in [0.4, 0.5) is 0 Å². The molecule has 0 aromatic heterocycles. The monoisotopic (exact) mass is 338 g/mol. The van der Waals surface area contributed by atoms with Crippen LogP contribution in [-0.2, 0) is 4.74 Å². The Kier molecular flexibility index (Phi) is 7.11. The number of benzene rings is 1. The summed E-state index contributed by atoms with van der Waals surface area (Å²) in [6.07, 6.45) is 4.43. The molecular formula is C20H28LiO2P. The van der Waals surface area contributed by atoms with Gasteiger partial charge < -0.3 is 18.1 Å². The van der Waals surface area contributed by atoms with Crippen LogP contribution in [-0.4, -0.2) is 23.4 Å². The number of ether oxygens (including phenoxy) is 1. The van der Waals surface area contributed by atoms with Gasteiger partial charge in [-0.3, -0.25) is 0 Å². The second-order valence-corrected chi connectivity index (χ2v) is 9.07. The fourth-order valence-electron chi connectivity index (χ4n) is 3.21. The Labute approximate surface area is 160 Å². The van der Waals surface area contributed by atoms with Crippen LogP contribution in [0.2, 0.25) is 0 Å². The summed E-state index contributed by atoms with van der Waals surface area (Å²) in [4.78, 5) is 12.7. The molecule has 0 fully saturated rings. The molecule has 0 N–H and O–H groups in total. The van der Waals surface area contributed by atoms with Crippen LogP contribution >= 0.6 is 8.58 Å². The zero-order valence-corrected chi connectivity index (χ0v) is 17.0. The van der Waals surface area contributed by atoms with Crippen molar-refractivity contribution in [2.45, 2.75) is 52.8 Å². The number of allylic oxidation sites excluding steroid dienone is 1. The molecule has 126 valence electrons. The summed E-state index contributed by atoms with van der Waals surface area (Å²) in [5.74, 6) is 0. The Morgan fingerprint density at radius 2 is 1.71 bits per heavy atom. The third-order valence-electron chi connectivity index (χ3n) is 5.88. The summed E-state index contributed by atoms with van der Waals surface area (Å²) < 4.78 is 5.94. The van der Waals surface area contributed by atoms with E-state index in [9.17, 15) is 4.79 Å². The van der Waals surface area contributed by atoms with Crippen LogP contribution in [0, 0.1) is 10.8 Å². The average Bonchev–Trinajstić information content (AvgIpc) is 2.50. The van der Waals surface area contributed by atoms with Crippen molar-refractivity contribution < 1.29 is 28.4 Å². The molecule has 1 aliphatic carbocycles. The van der Waals surface area contributed by atoms with Crippen molar-refractivity contribution in [2.24, 2.45) is 10.8 Å². The normalized spacial score (nSPS) is 27.8. The molecule has 0 amide bonds. The molecule has 1 aromatic carbocycles. The molecule has 0 spiro atoms. The van der Waals surface area contributed by atoms with Gasteiger partial charge >= 0.3 is 18.9 Å². The first-order valence-corrected chi connectivity index (χ1v) is 9.18. The van der Waals surface area contributed by atoms with Crippen molar-refractivity contribution in [1.29, 1.82) is 0 Å². The van der Waals surface area contributed by atoms with Crippen LogP contribution in [0.3, 0.4) is 0 Å². The summed E-state index contributed by atoms with van der Waals surface area (Å²) in [7, 11) is 0.819. The van der Waals surface area contributed by atoms with Gasteiger partial charge in [-0.05, 0) is 23.3 Å². The number of hydrogen-bond acceptors (Lipinski definition) is 2. The van der Waals surface area contributed by atoms with Gasteiger partial charge in [-0.2, -0.15) is 0 Å². The van der Waals surface area contributed by atoms with Gasteiger partial charge in [-0.25, -0.2) is 0 Å². The van der Waals surface area contributed by atoms with Crippen LogP contribution < -0.4 is 18.9 Å². The Morgan fingerprint density at radius 1 is 1.12 bits per heavy atom. The maximum atomic E-state index is 12.7. The first-order chi connectivity index (χ1) is 10.7. The van der Waals surface area contributed by atoms with Crippen molar-refractivity contribution >= 4 is 14.1 Å². The maximum absolute atomic E-state index is 12.7. The summed E-state index contributed by atoms with van der Waals surface area (Å²) in [6, 6.07) is 9.57. The Morgan fingerprint density at radius 3 is 2.25 bits per heavy atom. The first-order valence-electron chi connectivity index (χ1n) is 8.29. The zero-order chi connectivity index (χ0) is 17.3. The molecule has 0 radical (unpaired) electrons. The SMILES string of the molecule is CCOC1C=CC(C)([P-]C(=O)c2ccccc2)C(C)(C)C1(C)C.[Li+]. The van der Waals surface area contributed by atoms with Crippen molar-refractivity contribution in [1.82, 2.24) is 0 Å². The third kappa shape index (κ3) is 3.73. The van der Waals surface area contributed by atoms with Gasteiger partial charge in [0.1, 0.15) is 0 Å². The van der Waals surface area contributed by atoms with E-state index < -0.39 is 0 Å². The predicted molar refractivity (Wildman–Crippen MR) is 98.2 cm³/mol. The molecule has 2 atom stereocenters. The van der Waals surface area contributed by atoms with Gasteiger partial charge in [0.2, 0.25) is 0 Å². The first kappa shape index (κ1) is 21.7. The largest absolute Gasteiger partial charge is 1.00 e. The number of hydrogen-bond donors (Lipinski definition) is 0. The van der Waals surface area contributed by atoms with Crippen molar-refractivity contribution in [3.8, 4) is 0 Å². The predicted octanol–water partition coefficient (Wildman–Crippen LogP) is 2.56. The summed E-state index contributed by atoms with van der Waals surface area (Å²) in [5, 5.41) is -0.225. The quantitative estimate of drug-likeness (QED) is 0.469. The van der Waals surface area contributed by atoms with Crippen LogP contribution in [0.25, 0.3) is 0 Å². The van der Waals surface area contributed by atoms with Gasteiger partial charge in [0, 0.05) is 12.1 Å². The van der Waals surface area contributed by atoms with Crippen LogP contribution in [0.15, 0.2) is 42.5 Å². The van der Waals surface area contributed by atoms with E-state index in [1.54, 1.807) is 0 Å². The molecule has 2 unspecified atom stereocenters. The molecule has 4 heteroatoms. The molecule has 2 rings (SSSR count). The molecule has 2 nitrogen and oxygen atoms in total. The zero-order valence-electron chi connectivity index (χ0n) is 16.1. The van der Waals surface area contributed by atoms with Crippen molar-refractivity contribution in [2.75, 3.05) is 6.61 Å². The van der Waals surface area contributed by atoms with Crippen LogP contribution in [0.1, 0.15) is 51.9 Å². The molecule has 1 aromatic rings. The van der Waals surface area contributed by atoms with Gasteiger partial charge in [0.05, 0.1) is 6.10 Å². The standard InChI is InChI=1S/C20H28O2P.Li/c1-7-22-16-13-14-20(6,19(4,5)18(16,2)3)23-17(21)15-11-9-8-10-12-15;/h8-14,16H,7H2,1-6H3;/q-1;+1. The molecular weight excluding hydrogens is 310 g/mol. The number of carbonyl (C=O) groups is 1. The van der Waals surface area contributed by atoms with E-state index in [1.165, 1.54) is 0 Å². The van der Waals surface area contributed by atoms with E-state index >= 15 is 0 Å². The maximum Gasteiger partial charge on any atom is 1.00 e. The van der Waals surface area contributed by atoms with E-state index in [0.29, 0.717) is 6.61 Å². The average molecular weight is 338 g/mol.